The van der Waals surface area contributed by atoms with Crippen molar-refractivity contribution < 1.29 is 4.39 Å². The van der Waals surface area contributed by atoms with Crippen LogP contribution in [0.5, 0.6) is 0 Å². The van der Waals surface area contributed by atoms with E-state index >= 15 is 0 Å². The summed E-state index contributed by atoms with van der Waals surface area (Å²) >= 11 is 0. The van der Waals surface area contributed by atoms with E-state index in [4.69, 9.17) is 5.73 Å². The van der Waals surface area contributed by atoms with Crippen molar-refractivity contribution in [1.29, 1.82) is 0 Å². The number of halogens is 1. The smallest absolute Gasteiger partial charge is 0.109 e. The molecule has 0 unspecified atom stereocenters. The van der Waals surface area contributed by atoms with Gasteiger partial charge in [-0.2, -0.15) is 0 Å². The Morgan fingerprint density at radius 2 is 2.13 bits per heavy atom. The summed E-state index contributed by atoms with van der Waals surface area (Å²) in [6.07, 6.45) is 4.28. The Hall–Kier alpha value is -1.15. The Balaban J connectivity index is 2.79. The highest BCUT2D eigenvalue weighted by Gasteiger charge is 2.15. The standard InChI is InChI=1S/C13H18FN/c1-13(2,14)10-12-6-3-5-11(9-12)7-4-8-15/h3-7,9H,8,10,15H2,1-2H3/b7-4+. The SMILES string of the molecule is CC(C)(F)Cc1cccc(/C=C/CN)c1. The lowest BCUT2D eigenvalue weighted by atomic mass is 9.99. The molecule has 0 atom stereocenters. The quantitative estimate of drug-likeness (QED) is 0.807. The molecule has 2 heteroatoms. The van der Waals surface area contributed by atoms with Crippen LogP contribution < -0.4 is 5.73 Å². The van der Waals surface area contributed by atoms with E-state index in [0.717, 1.165) is 11.1 Å². The third kappa shape index (κ3) is 4.75. The molecule has 0 aromatic heterocycles. The first-order valence-corrected chi connectivity index (χ1v) is 5.16. The van der Waals surface area contributed by atoms with Gasteiger partial charge in [-0.25, -0.2) is 4.39 Å². The van der Waals surface area contributed by atoms with Crippen molar-refractivity contribution in [3.05, 3.63) is 41.5 Å². The Bertz CT molecular complexity index is 337. The second kappa shape index (κ2) is 5.08. The minimum absolute atomic E-state index is 0.442. The fourth-order valence-corrected chi connectivity index (χ4v) is 1.50. The number of benzene rings is 1. The normalized spacial score (nSPS) is 12.3. The molecular weight excluding hydrogens is 189 g/mol. The van der Waals surface area contributed by atoms with Gasteiger partial charge in [-0.1, -0.05) is 36.4 Å². The largest absolute Gasteiger partial charge is 0.327 e. The molecule has 0 saturated carbocycles. The van der Waals surface area contributed by atoms with Crippen LogP contribution in [-0.2, 0) is 6.42 Å². The second-order valence-electron chi connectivity index (χ2n) is 4.28. The molecule has 2 N–H and O–H groups in total. The number of hydrogen-bond donors (Lipinski definition) is 1. The maximum absolute atomic E-state index is 13.4. The van der Waals surface area contributed by atoms with Crippen molar-refractivity contribution in [2.75, 3.05) is 6.54 Å². The highest BCUT2D eigenvalue weighted by atomic mass is 19.1. The average molecular weight is 207 g/mol. The molecule has 0 bridgehead atoms. The van der Waals surface area contributed by atoms with Crippen LogP contribution in [0.15, 0.2) is 30.3 Å². The van der Waals surface area contributed by atoms with Gasteiger partial charge in [-0.05, 0) is 25.0 Å². The van der Waals surface area contributed by atoms with E-state index < -0.39 is 5.67 Å². The van der Waals surface area contributed by atoms with Gasteiger partial charge in [0.2, 0.25) is 0 Å². The van der Waals surface area contributed by atoms with Crippen LogP contribution in [0.4, 0.5) is 4.39 Å². The van der Waals surface area contributed by atoms with Crippen molar-refractivity contribution in [1.82, 2.24) is 0 Å². The Morgan fingerprint density at radius 3 is 2.73 bits per heavy atom. The molecule has 0 saturated heterocycles. The number of hydrogen-bond acceptors (Lipinski definition) is 1. The summed E-state index contributed by atoms with van der Waals surface area (Å²) in [6.45, 7) is 3.71. The molecule has 82 valence electrons. The van der Waals surface area contributed by atoms with Crippen LogP contribution in [0.3, 0.4) is 0 Å². The van der Waals surface area contributed by atoms with Crippen molar-refractivity contribution in [2.24, 2.45) is 5.73 Å². The van der Waals surface area contributed by atoms with Crippen LogP contribution in [-0.4, -0.2) is 12.2 Å². The highest BCUT2D eigenvalue weighted by Crippen LogP contribution is 2.17. The molecule has 1 aromatic rings. The molecule has 0 heterocycles. The van der Waals surface area contributed by atoms with E-state index in [9.17, 15) is 4.39 Å². The minimum atomic E-state index is -1.16. The lowest BCUT2D eigenvalue weighted by Gasteiger charge is -2.13. The third-order valence-corrected chi connectivity index (χ3v) is 2.02. The fraction of sp³-hybridized carbons (Fsp3) is 0.385. The van der Waals surface area contributed by atoms with Crippen LogP contribution in [0, 0.1) is 0 Å². The van der Waals surface area contributed by atoms with E-state index in [2.05, 4.69) is 0 Å². The Labute approximate surface area is 90.8 Å². The van der Waals surface area contributed by atoms with Gasteiger partial charge in [0.25, 0.3) is 0 Å². The summed E-state index contributed by atoms with van der Waals surface area (Å²) < 4.78 is 13.4. The van der Waals surface area contributed by atoms with Gasteiger partial charge >= 0.3 is 0 Å². The molecule has 0 aliphatic rings. The number of nitrogens with two attached hydrogens (primary N) is 1. The Morgan fingerprint density at radius 1 is 1.40 bits per heavy atom. The zero-order valence-corrected chi connectivity index (χ0v) is 9.33. The lowest BCUT2D eigenvalue weighted by molar-refractivity contribution is 0.217. The molecule has 0 aliphatic carbocycles. The zero-order valence-electron chi connectivity index (χ0n) is 9.33. The molecule has 0 fully saturated rings. The zero-order chi connectivity index (χ0) is 11.3. The van der Waals surface area contributed by atoms with Gasteiger partial charge in [0.1, 0.15) is 5.67 Å². The minimum Gasteiger partial charge on any atom is -0.327 e. The highest BCUT2D eigenvalue weighted by molar-refractivity contribution is 5.50. The number of alkyl halides is 1. The molecule has 1 rings (SSSR count). The lowest BCUT2D eigenvalue weighted by Crippen LogP contribution is -2.15. The van der Waals surface area contributed by atoms with Crippen LogP contribution in [0.2, 0.25) is 0 Å². The third-order valence-electron chi connectivity index (χ3n) is 2.02. The van der Waals surface area contributed by atoms with E-state index in [-0.39, 0.29) is 0 Å². The van der Waals surface area contributed by atoms with Gasteiger partial charge in [-0.3, -0.25) is 0 Å². The molecule has 0 spiro atoms. The summed E-state index contributed by atoms with van der Waals surface area (Å²) in [5, 5.41) is 0. The van der Waals surface area contributed by atoms with E-state index in [1.165, 1.54) is 0 Å². The van der Waals surface area contributed by atoms with Crippen molar-refractivity contribution in [2.45, 2.75) is 25.9 Å². The molecule has 1 nitrogen and oxygen atoms in total. The molecule has 1 aromatic carbocycles. The molecule has 15 heavy (non-hydrogen) atoms. The summed E-state index contributed by atoms with van der Waals surface area (Å²) in [5.41, 5.74) is 6.30. The van der Waals surface area contributed by atoms with E-state index in [0.29, 0.717) is 13.0 Å². The first-order chi connectivity index (χ1) is 7.01. The Kier molecular flexibility index (Phi) is 4.04. The monoisotopic (exact) mass is 207 g/mol. The maximum Gasteiger partial charge on any atom is 0.109 e. The van der Waals surface area contributed by atoms with Crippen LogP contribution in [0.1, 0.15) is 25.0 Å². The maximum atomic E-state index is 13.4. The molecular formula is C13H18FN. The predicted octanol–water partition coefficient (Wildman–Crippen LogP) is 2.95. The van der Waals surface area contributed by atoms with Crippen LogP contribution >= 0.6 is 0 Å². The first-order valence-electron chi connectivity index (χ1n) is 5.16. The van der Waals surface area contributed by atoms with Gasteiger partial charge in [0.05, 0.1) is 0 Å². The average Bonchev–Trinajstić information content (AvgIpc) is 2.12. The van der Waals surface area contributed by atoms with Gasteiger partial charge < -0.3 is 5.73 Å². The summed E-state index contributed by atoms with van der Waals surface area (Å²) in [7, 11) is 0. The van der Waals surface area contributed by atoms with Crippen molar-refractivity contribution in [3.8, 4) is 0 Å². The molecule has 0 radical (unpaired) electrons. The van der Waals surface area contributed by atoms with E-state index in [1.807, 2.05) is 36.4 Å². The van der Waals surface area contributed by atoms with Crippen molar-refractivity contribution in [3.63, 3.8) is 0 Å². The summed E-state index contributed by atoms with van der Waals surface area (Å²) in [4.78, 5) is 0. The molecule has 0 amide bonds. The number of rotatable bonds is 4. The van der Waals surface area contributed by atoms with Crippen molar-refractivity contribution >= 4 is 6.08 Å². The van der Waals surface area contributed by atoms with Gasteiger partial charge in [-0.15, -0.1) is 0 Å². The first kappa shape index (κ1) is 11.9. The summed E-state index contributed by atoms with van der Waals surface area (Å²) in [5.74, 6) is 0. The van der Waals surface area contributed by atoms with E-state index in [1.54, 1.807) is 13.8 Å². The second-order valence-corrected chi connectivity index (χ2v) is 4.28. The van der Waals surface area contributed by atoms with Gasteiger partial charge in [0, 0.05) is 13.0 Å². The predicted molar refractivity (Wildman–Crippen MR) is 63.4 cm³/mol. The molecule has 0 aliphatic heterocycles. The topological polar surface area (TPSA) is 26.0 Å². The van der Waals surface area contributed by atoms with Gasteiger partial charge in [0.15, 0.2) is 0 Å². The van der Waals surface area contributed by atoms with Crippen LogP contribution in [0.25, 0.3) is 6.08 Å². The fourth-order valence-electron chi connectivity index (χ4n) is 1.50. The summed E-state index contributed by atoms with van der Waals surface area (Å²) in [6, 6.07) is 7.87.